The maximum atomic E-state index is 5.78. The minimum Gasteiger partial charge on any atom is -0.326 e. The Morgan fingerprint density at radius 2 is 1.62 bits per heavy atom. The SMILES string of the molecule is NCc1cccc(-c2cccc3sc4ccccc4c23)c1. The van der Waals surface area contributed by atoms with Crippen LogP contribution in [0.1, 0.15) is 5.56 Å². The monoisotopic (exact) mass is 289 g/mol. The molecule has 0 atom stereocenters. The van der Waals surface area contributed by atoms with Gasteiger partial charge in [0.25, 0.3) is 0 Å². The summed E-state index contributed by atoms with van der Waals surface area (Å²) in [6, 6.07) is 23.7. The summed E-state index contributed by atoms with van der Waals surface area (Å²) in [5.74, 6) is 0. The molecule has 0 saturated carbocycles. The zero-order chi connectivity index (χ0) is 14.2. The van der Waals surface area contributed by atoms with Crippen LogP contribution >= 0.6 is 11.3 Å². The van der Waals surface area contributed by atoms with Crippen molar-refractivity contribution >= 4 is 31.5 Å². The van der Waals surface area contributed by atoms with Gasteiger partial charge in [-0.15, -0.1) is 11.3 Å². The van der Waals surface area contributed by atoms with Crippen LogP contribution in [-0.4, -0.2) is 0 Å². The van der Waals surface area contributed by atoms with Crippen molar-refractivity contribution in [3.8, 4) is 11.1 Å². The van der Waals surface area contributed by atoms with E-state index >= 15 is 0 Å². The Hall–Kier alpha value is -2.16. The van der Waals surface area contributed by atoms with Gasteiger partial charge in [0.05, 0.1) is 0 Å². The quantitative estimate of drug-likeness (QED) is 0.540. The third kappa shape index (κ3) is 2.04. The molecule has 102 valence electrons. The van der Waals surface area contributed by atoms with E-state index in [1.165, 1.54) is 36.9 Å². The standard InChI is InChI=1S/C19H15NS/c20-12-13-5-3-6-14(11-13)15-8-4-10-18-19(15)16-7-1-2-9-17(16)21-18/h1-11H,12,20H2. The highest BCUT2D eigenvalue weighted by molar-refractivity contribution is 7.25. The molecular weight excluding hydrogens is 274 g/mol. The first-order valence-corrected chi connectivity index (χ1v) is 7.88. The summed E-state index contributed by atoms with van der Waals surface area (Å²) in [4.78, 5) is 0. The van der Waals surface area contributed by atoms with Crippen LogP contribution in [0, 0.1) is 0 Å². The number of hydrogen-bond acceptors (Lipinski definition) is 2. The molecule has 0 radical (unpaired) electrons. The first-order valence-electron chi connectivity index (χ1n) is 7.06. The van der Waals surface area contributed by atoms with E-state index < -0.39 is 0 Å². The summed E-state index contributed by atoms with van der Waals surface area (Å²) >= 11 is 1.86. The molecule has 4 aromatic rings. The predicted octanol–water partition coefficient (Wildman–Crippen LogP) is 5.18. The smallest absolute Gasteiger partial charge is 0.0361 e. The molecule has 0 bridgehead atoms. The van der Waals surface area contributed by atoms with Gasteiger partial charge in [0.2, 0.25) is 0 Å². The molecule has 1 nitrogen and oxygen atoms in total. The lowest BCUT2D eigenvalue weighted by molar-refractivity contribution is 1.07. The Labute approximate surface area is 127 Å². The minimum atomic E-state index is 0.578. The Bertz CT molecular complexity index is 937. The van der Waals surface area contributed by atoms with Gasteiger partial charge in [0.1, 0.15) is 0 Å². The van der Waals surface area contributed by atoms with E-state index in [2.05, 4.69) is 66.7 Å². The van der Waals surface area contributed by atoms with E-state index in [0.717, 1.165) is 0 Å². The van der Waals surface area contributed by atoms with Gasteiger partial charge in [-0.3, -0.25) is 0 Å². The van der Waals surface area contributed by atoms with Crippen LogP contribution < -0.4 is 5.73 Å². The maximum Gasteiger partial charge on any atom is 0.0361 e. The summed E-state index contributed by atoms with van der Waals surface area (Å²) in [6.07, 6.45) is 0. The van der Waals surface area contributed by atoms with Crippen molar-refractivity contribution in [3.05, 3.63) is 72.3 Å². The number of benzene rings is 3. The fraction of sp³-hybridized carbons (Fsp3) is 0.0526. The molecule has 0 aliphatic rings. The summed E-state index contributed by atoms with van der Waals surface area (Å²) in [6.45, 7) is 0.578. The highest BCUT2D eigenvalue weighted by Gasteiger charge is 2.10. The van der Waals surface area contributed by atoms with Gasteiger partial charge in [-0.25, -0.2) is 0 Å². The summed E-state index contributed by atoms with van der Waals surface area (Å²) in [7, 11) is 0. The molecule has 1 aromatic heterocycles. The molecule has 0 aliphatic carbocycles. The highest BCUT2D eigenvalue weighted by atomic mass is 32.1. The summed E-state index contributed by atoms with van der Waals surface area (Å²) < 4.78 is 2.68. The van der Waals surface area contributed by atoms with Crippen LogP contribution in [0.25, 0.3) is 31.3 Å². The molecular formula is C19H15NS. The summed E-state index contributed by atoms with van der Waals surface area (Å²) in [5.41, 5.74) is 9.49. The van der Waals surface area contributed by atoms with Crippen molar-refractivity contribution in [2.24, 2.45) is 5.73 Å². The molecule has 0 saturated heterocycles. The number of fused-ring (bicyclic) bond motifs is 3. The first kappa shape index (κ1) is 12.6. The minimum absolute atomic E-state index is 0.578. The second-order valence-corrected chi connectivity index (χ2v) is 6.27. The second-order valence-electron chi connectivity index (χ2n) is 5.18. The van der Waals surface area contributed by atoms with Crippen LogP contribution in [0.2, 0.25) is 0 Å². The topological polar surface area (TPSA) is 26.0 Å². The van der Waals surface area contributed by atoms with Crippen molar-refractivity contribution in [2.45, 2.75) is 6.54 Å². The van der Waals surface area contributed by atoms with Gasteiger partial charge in [-0.05, 0) is 34.9 Å². The van der Waals surface area contributed by atoms with Crippen LogP contribution in [0.15, 0.2) is 66.7 Å². The van der Waals surface area contributed by atoms with Crippen molar-refractivity contribution in [3.63, 3.8) is 0 Å². The van der Waals surface area contributed by atoms with Crippen molar-refractivity contribution < 1.29 is 0 Å². The van der Waals surface area contributed by atoms with Crippen LogP contribution in [-0.2, 0) is 6.54 Å². The fourth-order valence-electron chi connectivity index (χ4n) is 2.88. The van der Waals surface area contributed by atoms with Crippen LogP contribution in [0.4, 0.5) is 0 Å². The van der Waals surface area contributed by atoms with Gasteiger partial charge in [0.15, 0.2) is 0 Å². The average molecular weight is 289 g/mol. The van der Waals surface area contributed by atoms with E-state index in [1.54, 1.807) is 0 Å². The number of nitrogens with two attached hydrogens (primary N) is 1. The molecule has 1 heterocycles. The Morgan fingerprint density at radius 1 is 0.810 bits per heavy atom. The first-order chi connectivity index (χ1) is 10.4. The molecule has 2 N–H and O–H groups in total. The third-order valence-electron chi connectivity index (χ3n) is 3.88. The van der Waals surface area contributed by atoms with Crippen molar-refractivity contribution in [1.29, 1.82) is 0 Å². The zero-order valence-corrected chi connectivity index (χ0v) is 12.4. The molecule has 0 amide bonds. The largest absolute Gasteiger partial charge is 0.326 e. The van der Waals surface area contributed by atoms with Crippen molar-refractivity contribution in [2.75, 3.05) is 0 Å². The number of rotatable bonds is 2. The third-order valence-corrected chi connectivity index (χ3v) is 5.01. The normalized spacial score (nSPS) is 11.3. The zero-order valence-electron chi connectivity index (χ0n) is 11.5. The number of thiophene rings is 1. The van der Waals surface area contributed by atoms with Gasteiger partial charge in [0, 0.05) is 26.7 Å². The molecule has 4 rings (SSSR count). The Kier molecular flexibility index (Phi) is 2.99. The molecule has 0 aliphatic heterocycles. The van der Waals surface area contributed by atoms with E-state index in [1.807, 2.05) is 11.3 Å². The maximum absolute atomic E-state index is 5.78. The van der Waals surface area contributed by atoms with Gasteiger partial charge >= 0.3 is 0 Å². The lowest BCUT2D eigenvalue weighted by atomic mass is 9.98. The highest BCUT2D eigenvalue weighted by Crippen LogP contribution is 2.39. The molecule has 0 unspecified atom stereocenters. The molecule has 0 spiro atoms. The Morgan fingerprint density at radius 3 is 2.52 bits per heavy atom. The van der Waals surface area contributed by atoms with E-state index in [4.69, 9.17) is 5.73 Å². The van der Waals surface area contributed by atoms with E-state index in [9.17, 15) is 0 Å². The number of hydrogen-bond donors (Lipinski definition) is 1. The van der Waals surface area contributed by atoms with Gasteiger partial charge in [-0.2, -0.15) is 0 Å². The summed E-state index contributed by atoms with van der Waals surface area (Å²) in [5, 5.41) is 2.69. The van der Waals surface area contributed by atoms with Crippen LogP contribution in [0.3, 0.4) is 0 Å². The van der Waals surface area contributed by atoms with Gasteiger partial charge < -0.3 is 5.73 Å². The second kappa shape index (κ2) is 4.99. The lowest BCUT2D eigenvalue weighted by Gasteiger charge is -2.06. The molecule has 21 heavy (non-hydrogen) atoms. The Balaban J connectivity index is 2.08. The van der Waals surface area contributed by atoms with E-state index in [-0.39, 0.29) is 0 Å². The van der Waals surface area contributed by atoms with Crippen molar-refractivity contribution in [1.82, 2.24) is 0 Å². The molecule has 3 aromatic carbocycles. The lowest BCUT2D eigenvalue weighted by Crippen LogP contribution is -1.95. The average Bonchev–Trinajstić information content (AvgIpc) is 2.93. The van der Waals surface area contributed by atoms with E-state index in [0.29, 0.717) is 6.54 Å². The predicted molar refractivity (Wildman–Crippen MR) is 92.7 cm³/mol. The molecule has 0 fully saturated rings. The van der Waals surface area contributed by atoms with Crippen LogP contribution in [0.5, 0.6) is 0 Å². The van der Waals surface area contributed by atoms with Gasteiger partial charge in [-0.1, -0.05) is 48.5 Å². The fourth-order valence-corrected chi connectivity index (χ4v) is 4.01. The molecule has 2 heteroatoms.